The Bertz CT molecular complexity index is 397. The lowest BCUT2D eigenvalue weighted by Gasteiger charge is -2.28. The summed E-state index contributed by atoms with van der Waals surface area (Å²) in [6.45, 7) is 2.08. The van der Waals surface area contributed by atoms with Crippen LogP contribution in [0.25, 0.3) is 0 Å². The van der Waals surface area contributed by atoms with E-state index >= 15 is 0 Å². The Labute approximate surface area is 128 Å². The molecule has 1 fully saturated rings. The molecule has 0 aromatic heterocycles. The Hall–Kier alpha value is 0.240. The maximum Gasteiger partial charge on any atom is 0.0465 e. The molecule has 1 saturated heterocycles. The standard InChI is InChI=1S/C14H18BrCl2N/c15-9-13-4-2-1-3-7-18(13)10-11-5-6-12(16)8-14(11)17/h5-6,8,13H,1-4,7,9-10H2. The van der Waals surface area contributed by atoms with Crippen molar-refractivity contribution in [3.63, 3.8) is 0 Å². The van der Waals surface area contributed by atoms with Gasteiger partial charge in [0.15, 0.2) is 0 Å². The Morgan fingerprint density at radius 1 is 1.22 bits per heavy atom. The summed E-state index contributed by atoms with van der Waals surface area (Å²) in [6.07, 6.45) is 5.24. The summed E-state index contributed by atoms with van der Waals surface area (Å²) in [6, 6.07) is 6.42. The van der Waals surface area contributed by atoms with Crippen LogP contribution in [-0.4, -0.2) is 22.8 Å². The fourth-order valence-corrected chi connectivity index (χ4v) is 3.69. The number of nitrogens with zero attached hydrogens (tertiary/aromatic N) is 1. The number of rotatable bonds is 3. The number of likely N-dealkylation sites (tertiary alicyclic amines) is 1. The minimum Gasteiger partial charge on any atom is -0.295 e. The summed E-state index contributed by atoms with van der Waals surface area (Å²) >= 11 is 15.8. The van der Waals surface area contributed by atoms with E-state index in [0.717, 1.165) is 23.4 Å². The van der Waals surface area contributed by atoms with Crippen molar-refractivity contribution in [3.8, 4) is 0 Å². The molecule has 1 nitrogen and oxygen atoms in total. The van der Waals surface area contributed by atoms with Gasteiger partial charge in [0.1, 0.15) is 0 Å². The van der Waals surface area contributed by atoms with Gasteiger partial charge in [-0.25, -0.2) is 0 Å². The van der Waals surface area contributed by atoms with E-state index < -0.39 is 0 Å². The van der Waals surface area contributed by atoms with Gasteiger partial charge in [-0.1, -0.05) is 58.0 Å². The molecule has 0 saturated carbocycles. The van der Waals surface area contributed by atoms with Crippen LogP contribution in [0, 0.1) is 0 Å². The third-order valence-electron chi connectivity index (χ3n) is 3.57. The Kier molecular flexibility index (Phi) is 5.81. The van der Waals surface area contributed by atoms with Crippen molar-refractivity contribution in [2.75, 3.05) is 11.9 Å². The summed E-state index contributed by atoms with van der Waals surface area (Å²) in [5, 5.41) is 2.52. The van der Waals surface area contributed by atoms with Crippen molar-refractivity contribution in [2.24, 2.45) is 0 Å². The van der Waals surface area contributed by atoms with Gasteiger partial charge in [0.25, 0.3) is 0 Å². The van der Waals surface area contributed by atoms with Gasteiger partial charge in [-0.15, -0.1) is 0 Å². The van der Waals surface area contributed by atoms with Crippen molar-refractivity contribution >= 4 is 39.1 Å². The van der Waals surface area contributed by atoms with Gasteiger partial charge in [-0.2, -0.15) is 0 Å². The molecule has 1 unspecified atom stereocenters. The van der Waals surface area contributed by atoms with E-state index in [1.807, 2.05) is 18.2 Å². The molecule has 0 N–H and O–H groups in total. The zero-order chi connectivity index (χ0) is 13.0. The summed E-state index contributed by atoms with van der Waals surface area (Å²) in [5.41, 5.74) is 1.17. The lowest BCUT2D eigenvalue weighted by atomic mass is 10.1. The first-order valence-corrected chi connectivity index (χ1v) is 8.32. The molecule has 0 spiro atoms. The Morgan fingerprint density at radius 3 is 2.78 bits per heavy atom. The highest BCUT2D eigenvalue weighted by Crippen LogP contribution is 2.25. The highest BCUT2D eigenvalue weighted by molar-refractivity contribution is 9.09. The first kappa shape index (κ1) is 14.6. The van der Waals surface area contributed by atoms with E-state index in [1.165, 1.54) is 31.2 Å². The monoisotopic (exact) mass is 349 g/mol. The number of benzene rings is 1. The average Bonchev–Trinajstić information content (AvgIpc) is 2.57. The Balaban J connectivity index is 2.10. The SMILES string of the molecule is Clc1ccc(CN2CCCCCC2CBr)c(Cl)c1. The third-order valence-corrected chi connectivity index (χ3v) is 4.90. The van der Waals surface area contributed by atoms with Gasteiger partial charge >= 0.3 is 0 Å². The summed E-state index contributed by atoms with van der Waals surface area (Å²) in [4.78, 5) is 2.54. The maximum atomic E-state index is 6.26. The average molecular weight is 351 g/mol. The van der Waals surface area contributed by atoms with E-state index in [1.54, 1.807) is 0 Å². The third kappa shape index (κ3) is 3.86. The molecular formula is C14H18BrCl2N. The summed E-state index contributed by atoms with van der Waals surface area (Å²) in [5.74, 6) is 0. The van der Waals surface area contributed by atoms with Crippen LogP contribution in [0.15, 0.2) is 18.2 Å². The predicted octanol–water partition coefficient (Wildman–Crippen LogP) is 5.13. The quantitative estimate of drug-likeness (QED) is 0.683. The van der Waals surface area contributed by atoms with Crippen LogP contribution in [0.5, 0.6) is 0 Å². The second-order valence-corrected chi connectivity index (χ2v) is 6.35. The molecule has 2 rings (SSSR count). The molecular weight excluding hydrogens is 333 g/mol. The fourth-order valence-electron chi connectivity index (χ4n) is 2.49. The molecule has 18 heavy (non-hydrogen) atoms. The first-order chi connectivity index (χ1) is 8.70. The van der Waals surface area contributed by atoms with Crippen molar-refractivity contribution in [1.29, 1.82) is 0 Å². The van der Waals surface area contributed by atoms with Crippen LogP contribution >= 0.6 is 39.1 Å². The molecule has 1 atom stereocenters. The molecule has 4 heteroatoms. The van der Waals surface area contributed by atoms with Gasteiger partial charge in [0.05, 0.1) is 0 Å². The van der Waals surface area contributed by atoms with Crippen molar-refractivity contribution in [2.45, 2.75) is 38.3 Å². The van der Waals surface area contributed by atoms with Crippen LogP contribution in [0.2, 0.25) is 10.0 Å². The zero-order valence-corrected chi connectivity index (χ0v) is 13.4. The predicted molar refractivity (Wildman–Crippen MR) is 82.9 cm³/mol. The van der Waals surface area contributed by atoms with E-state index in [9.17, 15) is 0 Å². The van der Waals surface area contributed by atoms with Crippen LogP contribution in [0.3, 0.4) is 0 Å². The zero-order valence-electron chi connectivity index (χ0n) is 10.3. The molecule has 0 bridgehead atoms. The number of hydrogen-bond donors (Lipinski definition) is 0. The van der Waals surface area contributed by atoms with Gasteiger partial charge < -0.3 is 0 Å². The highest BCUT2D eigenvalue weighted by Gasteiger charge is 2.20. The second kappa shape index (κ2) is 7.14. The molecule has 1 aliphatic heterocycles. The van der Waals surface area contributed by atoms with Gasteiger partial charge in [0, 0.05) is 28.0 Å². The van der Waals surface area contributed by atoms with Gasteiger partial charge in [-0.3, -0.25) is 4.90 Å². The fraction of sp³-hybridized carbons (Fsp3) is 0.571. The van der Waals surface area contributed by atoms with Gasteiger partial charge in [0.2, 0.25) is 0 Å². The Morgan fingerprint density at radius 2 is 2.06 bits per heavy atom. The number of halogens is 3. The van der Waals surface area contributed by atoms with Crippen LogP contribution in [0.1, 0.15) is 31.2 Å². The minimum absolute atomic E-state index is 0.624. The van der Waals surface area contributed by atoms with Crippen molar-refractivity contribution in [3.05, 3.63) is 33.8 Å². The molecule has 0 radical (unpaired) electrons. The van der Waals surface area contributed by atoms with E-state index in [0.29, 0.717) is 11.1 Å². The molecule has 1 heterocycles. The van der Waals surface area contributed by atoms with Crippen molar-refractivity contribution < 1.29 is 0 Å². The molecule has 0 aliphatic carbocycles. The maximum absolute atomic E-state index is 6.26. The molecule has 1 aromatic rings. The molecule has 1 aliphatic rings. The van der Waals surface area contributed by atoms with E-state index in [2.05, 4.69) is 20.8 Å². The van der Waals surface area contributed by atoms with Crippen LogP contribution in [-0.2, 0) is 6.54 Å². The molecule has 100 valence electrons. The normalized spacial score (nSPS) is 21.8. The highest BCUT2D eigenvalue weighted by atomic mass is 79.9. The van der Waals surface area contributed by atoms with Gasteiger partial charge in [-0.05, 0) is 37.1 Å². The lowest BCUT2D eigenvalue weighted by Crippen LogP contribution is -2.35. The smallest absolute Gasteiger partial charge is 0.0465 e. The largest absolute Gasteiger partial charge is 0.295 e. The summed E-state index contributed by atoms with van der Waals surface area (Å²) in [7, 11) is 0. The van der Waals surface area contributed by atoms with Crippen LogP contribution < -0.4 is 0 Å². The molecule has 1 aromatic carbocycles. The minimum atomic E-state index is 0.624. The first-order valence-electron chi connectivity index (χ1n) is 6.44. The molecule has 0 amide bonds. The topological polar surface area (TPSA) is 3.24 Å². The van der Waals surface area contributed by atoms with E-state index in [-0.39, 0.29) is 0 Å². The second-order valence-electron chi connectivity index (χ2n) is 4.86. The summed E-state index contributed by atoms with van der Waals surface area (Å²) < 4.78 is 0. The van der Waals surface area contributed by atoms with Crippen LogP contribution in [0.4, 0.5) is 0 Å². The number of hydrogen-bond acceptors (Lipinski definition) is 1. The lowest BCUT2D eigenvalue weighted by molar-refractivity contribution is 0.209. The van der Waals surface area contributed by atoms with Crippen molar-refractivity contribution in [1.82, 2.24) is 4.90 Å². The van der Waals surface area contributed by atoms with E-state index in [4.69, 9.17) is 23.2 Å². The number of alkyl halides is 1.